The molecular weight excluding hydrogens is 276 g/mol. The van der Waals surface area contributed by atoms with Crippen LogP contribution in [0.5, 0.6) is 0 Å². The molecule has 21 heavy (non-hydrogen) atoms. The zero-order valence-electron chi connectivity index (χ0n) is 15.8. The van der Waals surface area contributed by atoms with E-state index in [9.17, 15) is 0 Å². The lowest BCUT2D eigenvalue weighted by Crippen LogP contribution is -2.58. The van der Waals surface area contributed by atoms with E-state index in [-0.39, 0.29) is 5.04 Å². The highest BCUT2D eigenvalue weighted by Gasteiger charge is 2.62. The SMILES string of the molecule is CCCC(C)C(C)(C)[Si](OC)(OC)C1C(C)CC(C)C1C. The van der Waals surface area contributed by atoms with E-state index in [1.165, 1.54) is 19.3 Å². The van der Waals surface area contributed by atoms with Crippen molar-refractivity contribution >= 4 is 8.56 Å². The number of hydrogen-bond acceptors (Lipinski definition) is 2. The third kappa shape index (κ3) is 3.11. The van der Waals surface area contributed by atoms with E-state index in [0.29, 0.717) is 23.3 Å². The third-order valence-corrected chi connectivity index (χ3v) is 12.2. The van der Waals surface area contributed by atoms with Crippen LogP contribution in [-0.2, 0) is 8.85 Å². The van der Waals surface area contributed by atoms with Gasteiger partial charge in [0.15, 0.2) is 0 Å². The quantitative estimate of drug-likeness (QED) is 0.568. The Kier molecular flexibility index (Phi) is 6.52. The van der Waals surface area contributed by atoms with Crippen molar-refractivity contribution in [3.63, 3.8) is 0 Å². The smallest absolute Gasteiger partial charge is 0.347 e. The van der Waals surface area contributed by atoms with Gasteiger partial charge in [0.1, 0.15) is 0 Å². The van der Waals surface area contributed by atoms with Crippen LogP contribution in [0.4, 0.5) is 0 Å². The molecule has 126 valence electrons. The van der Waals surface area contributed by atoms with Crippen molar-refractivity contribution in [2.45, 2.75) is 78.3 Å². The van der Waals surface area contributed by atoms with Crippen molar-refractivity contribution in [2.75, 3.05) is 14.2 Å². The highest BCUT2D eigenvalue weighted by molar-refractivity contribution is 6.72. The van der Waals surface area contributed by atoms with Crippen LogP contribution in [0, 0.1) is 23.7 Å². The Morgan fingerprint density at radius 3 is 1.95 bits per heavy atom. The molecule has 0 amide bonds. The molecule has 5 atom stereocenters. The van der Waals surface area contributed by atoms with E-state index in [1.807, 2.05) is 14.2 Å². The first kappa shape index (κ1) is 19.2. The molecule has 2 nitrogen and oxygen atoms in total. The van der Waals surface area contributed by atoms with Crippen molar-refractivity contribution in [1.82, 2.24) is 0 Å². The lowest BCUT2D eigenvalue weighted by molar-refractivity contribution is 0.158. The van der Waals surface area contributed by atoms with Crippen LogP contribution in [0.2, 0.25) is 10.6 Å². The Bertz CT molecular complexity index is 325. The minimum Gasteiger partial charge on any atom is -0.397 e. The van der Waals surface area contributed by atoms with Gasteiger partial charge in [-0.05, 0) is 30.1 Å². The van der Waals surface area contributed by atoms with Crippen LogP contribution < -0.4 is 0 Å². The van der Waals surface area contributed by atoms with Gasteiger partial charge in [-0.1, -0.05) is 61.3 Å². The molecule has 1 aliphatic carbocycles. The van der Waals surface area contributed by atoms with Crippen molar-refractivity contribution < 1.29 is 8.85 Å². The van der Waals surface area contributed by atoms with Crippen LogP contribution in [0.25, 0.3) is 0 Å². The summed E-state index contributed by atoms with van der Waals surface area (Å²) in [4.78, 5) is 0. The Morgan fingerprint density at radius 1 is 1.10 bits per heavy atom. The van der Waals surface area contributed by atoms with Crippen LogP contribution in [-0.4, -0.2) is 22.8 Å². The molecule has 0 heterocycles. The molecule has 0 aromatic rings. The summed E-state index contributed by atoms with van der Waals surface area (Å²) in [5.41, 5.74) is 0.594. The van der Waals surface area contributed by atoms with Crippen LogP contribution in [0.15, 0.2) is 0 Å². The summed E-state index contributed by atoms with van der Waals surface area (Å²) in [7, 11) is 1.50. The summed E-state index contributed by atoms with van der Waals surface area (Å²) >= 11 is 0. The maximum atomic E-state index is 6.31. The maximum Gasteiger partial charge on any atom is 0.347 e. The molecule has 0 saturated heterocycles. The molecule has 0 aromatic carbocycles. The average molecular weight is 315 g/mol. The van der Waals surface area contributed by atoms with Gasteiger partial charge in [-0.2, -0.15) is 0 Å². The van der Waals surface area contributed by atoms with E-state index < -0.39 is 8.56 Å². The first-order chi connectivity index (χ1) is 9.69. The van der Waals surface area contributed by atoms with E-state index in [0.717, 1.165) is 5.92 Å². The fraction of sp³-hybridized carbons (Fsp3) is 1.00. The third-order valence-electron chi connectivity index (χ3n) is 6.72. The molecule has 0 radical (unpaired) electrons. The summed E-state index contributed by atoms with van der Waals surface area (Å²) in [6, 6.07) is 0. The largest absolute Gasteiger partial charge is 0.397 e. The van der Waals surface area contributed by atoms with Gasteiger partial charge in [-0.3, -0.25) is 0 Å². The topological polar surface area (TPSA) is 18.5 Å². The van der Waals surface area contributed by atoms with Crippen molar-refractivity contribution in [3.8, 4) is 0 Å². The monoisotopic (exact) mass is 314 g/mol. The van der Waals surface area contributed by atoms with Crippen LogP contribution in [0.1, 0.15) is 67.7 Å². The van der Waals surface area contributed by atoms with E-state index in [1.54, 1.807) is 0 Å². The van der Waals surface area contributed by atoms with Crippen molar-refractivity contribution in [1.29, 1.82) is 0 Å². The molecule has 1 saturated carbocycles. The fourth-order valence-electron chi connectivity index (χ4n) is 4.99. The maximum absolute atomic E-state index is 6.31. The molecular formula is C18H38O2Si. The van der Waals surface area contributed by atoms with Gasteiger partial charge in [0, 0.05) is 24.8 Å². The first-order valence-electron chi connectivity index (χ1n) is 8.79. The van der Waals surface area contributed by atoms with Gasteiger partial charge in [-0.25, -0.2) is 0 Å². The highest BCUT2D eigenvalue weighted by atomic mass is 28.4. The number of rotatable bonds is 7. The molecule has 0 aliphatic heterocycles. The summed E-state index contributed by atoms with van der Waals surface area (Å²) < 4.78 is 12.6. The average Bonchev–Trinajstić information content (AvgIpc) is 2.67. The van der Waals surface area contributed by atoms with Gasteiger partial charge in [0.25, 0.3) is 0 Å². The Balaban J connectivity index is 3.24. The second-order valence-corrected chi connectivity index (χ2v) is 12.2. The van der Waals surface area contributed by atoms with Gasteiger partial charge in [-0.15, -0.1) is 0 Å². The van der Waals surface area contributed by atoms with Gasteiger partial charge in [0.05, 0.1) is 0 Å². The summed E-state index contributed by atoms with van der Waals surface area (Å²) in [6.45, 7) is 16.7. The zero-order valence-corrected chi connectivity index (χ0v) is 16.8. The minimum absolute atomic E-state index is 0.129. The van der Waals surface area contributed by atoms with E-state index in [2.05, 4.69) is 48.5 Å². The Morgan fingerprint density at radius 2 is 1.62 bits per heavy atom. The van der Waals surface area contributed by atoms with Gasteiger partial charge >= 0.3 is 8.56 Å². The molecule has 5 unspecified atom stereocenters. The predicted octanol–water partition coefficient (Wildman–Crippen LogP) is 5.62. The van der Waals surface area contributed by atoms with E-state index in [4.69, 9.17) is 8.85 Å². The van der Waals surface area contributed by atoms with E-state index >= 15 is 0 Å². The van der Waals surface area contributed by atoms with Crippen LogP contribution >= 0.6 is 0 Å². The highest BCUT2D eigenvalue weighted by Crippen LogP contribution is 2.60. The molecule has 0 bridgehead atoms. The second kappa shape index (κ2) is 7.14. The summed E-state index contributed by atoms with van der Waals surface area (Å²) in [5.74, 6) is 2.80. The molecule has 3 heteroatoms. The molecule has 0 aromatic heterocycles. The minimum atomic E-state index is -2.31. The predicted molar refractivity (Wildman–Crippen MR) is 93.7 cm³/mol. The normalized spacial score (nSPS) is 32.4. The molecule has 0 N–H and O–H groups in total. The van der Waals surface area contributed by atoms with Gasteiger partial charge < -0.3 is 8.85 Å². The molecule has 0 spiro atoms. The molecule has 1 rings (SSSR count). The summed E-state index contributed by atoms with van der Waals surface area (Å²) in [6.07, 6.45) is 3.79. The fourth-order valence-corrected chi connectivity index (χ4v) is 10.3. The first-order valence-corrected chi connectivity index (χ1v) is 10.7. The molecule has 1 aliphatic rings. The standard InChI is InChI=1S/C18H38O2Si/c1-10-11-15(4)18(6,7)21(19-8,20-9)17-14(3)12-13(2)16(17)5/h13-17H,10-12H2,1-9H3. The lowest BCUT2D eigenvalue weighted by atomic mass is 9.92. The second-order valence-electron chi connectivity index (χ2n) is 8.06. The Hall–Kier alpha value is 0.137. The van der Waals surface area contributed by atoms with Crippen molar-refractivity contribution in [2.24, 2.45) is 23.7 Å². The number of hydrogen-bond donors (Lipinski definition) is 0. The lowest BCUT2D eigenvalue weighted by Gasteiger charge is -2.50. The summed E-state index contributed by atoms with van der Waals surface area (Å²) in [5, 5.41) is 0.129. The Labute approximate surface area is 134 Å². The van der Waals surface area contributed by atoms with Crippen LogP contribution in [0.3, 0.4) is 0 Å². The van der Waals surface area contributed by atoms with Gasteiger partial charge in [0.2, 0.25) is 0 Å². The zero-order chi connectivity index (χ0) is 16.4. The van der Waals surface area contributed by atoms with Crippen molar-refractivity contribution in [3.05, 3.63) is 0 Å². The molecule has 1 fully saturated rings.